The number of rotatable bonds is 10. The first-order valence-corrected chi connectivity index (χ1v) is 9.28. The van der Waals surface area contributed by atoms with Crippen LogP contribution >= 0.6 is 0 Å². The Morgan fingerprint density at radius 3 is 2.85 bits per heavy atom. The van der Waals surface area contributed by atoms with E-state index in [9.17, 15) is 4.39 Å². The van der Waals surface area contributed by atoms with Gasteiger partial charge in [-0.1, -0.05) is 13.3 Å². The fraction of sp³-hybridized carbons (Fsp3) is 0.632. The maximum Gasteiger partial charge on any atom is 0.190 e. The van der Waals surface area contributed by atoms with Crippen LogP contribution in [0.2, 0.25) is 0 Å². The molecule has 26 heavy (non-hydrogen) atoms. The summed E-state index contributed by atoms with van der Waals surface area (Å²) in [5, 5.41) is 6.50. The van der Waals surface area contributed by atoms with Crippen molar-refractivity contribution in [3.05, 3.63) is 29.1 Å². The highest BCUT2D eigenvalue weighted by Crippen LogP contribution is 2.29. The predicted octanol–water partition coefficient (Wildman–Crippen LogP) is 2.61. The van der Waals surface area contributed by atoms with Gasteiger partial charge >= 0.3 is 0 Å². The zero-order chi connectivity index (χ0) is 18.6. The highest BCUT2D eigenvalue weighted by atomic mass is 19.1. The maximum absolute atomic E-state index is 13.7. The second-order valence-corrected chi connectivity index (χ2v) is 6.16. The Morgan fingerprint density at radius 2 is 2.04 bits per heavy atom. The number of aliphatic imine (C=N–C) groups is 1. The first-order chi connectivity index (χ1) is 12.7. The standard InChI is InChI=1S/C19H30FN3O3/c1-3-4-9-24-10-5-7-22-19(21-2)23-8-6-15-11-17(20)12-16-13-25-14-26-18(15)16/h11-12H,3-10,13-14H2,1-2H3,(H2,21,22,23). The van der Waals surface area contributed by atoms with Crippen molar-refractivity contribution in [3.63, 3.8) is 0 Å². The molecule has 2 rings (SSSR count). The van der Waals surface area contributed by atoms with E-state index in [1.54, 1.807) is 7.05 Å². The van der Waals surface area contributed by atoms with E-state index in [0.717, 1.165) is 61.9 Å². The molecule has 1 aliphatic rings. The van der Waals surface area contributed by atoms with Gasteiger partial charge in [-0.05, 0) is 37.0 Å². The molecular weight excluding hydrogens is 337 g/mol. The van der Waals surface area contributed by atoms with Crippen molar-refractivity contribution < 1.29 is 18.6 Å². The van der Waals surface area contributed by atoms with E-state index in [-0.39, 0.29) is 12.6 Å². The minimum absolute atomic E-state index is 0.211. The maximum atomic E-state index is 13.7. The zero-order valence-corrected chi connectivity index (χ0v) is 15.8. The molecule has 0 radical (unpaired) electrons. The van der Waals surface area contributed by atoms with Gasteiger partial charge in [-0.25, -0.2) is 4.39 Å². The molecule has 0 bridgehead atoms. The molecule has 7 heteroatoms. The first-order valence-electron chi connectivity index (χ1n) is 9.28. The molecule has 1 heterocycles. The Kier molecular flexibility index (Phi) is 9.20. The number of fused-ring (bicyclic) bond motifs is 1. The van der Waals surface area contributed by atoms with Crippen LogP contribution in [0.15, 0.2) is 17.1 Å². The van der Waals surface area contributed by atoms with Gasteiger partial charge in [0.2, 0.25) is 0 Å². The quantitative estimate of drug-likeness (QED) is 0.378. The van der Waals surface area contributed by atoms with Crippen LogP contribution in [-0.2, 0) is 22.5 Å². The molecule has 2 N–H and O–H groups in total. The summed E-state index contributed by atoms with van der Waals surface area (Å²) in [6.07, 6.45) is 3.83. The molecule has 146 valence electrons. The summed E-state index contributed by atoms with van der Waals surface area (Å²) in [4.78, 5) is 4.20. The summed E-state index contributed by atoms with van der Waals surface area (Å²) in [5.74, 6) is 1.21. The average Bonchev–Trinajstić information content (AvgIpc) is 2.65. The van der Waals surface area contributed by atoms with E-state index < -0.39 is 0 Å². The molecule has 1 aromatic carbocycles. The molecule has 1 aliphatic heterocycles. The molecule has 1 aromatic rings. The molecule has 0 fully saturated rings. The number of unbranched alkanes of at least 4 members (excludes halogenated alkanes) is 1. The zero-order valence-electron chi connectivity index (χ0n) is 15.8. The van der Waals surface area contributed by atoms with Gasteiger partial charge < -0.3 is 24.8 Å². The van der Waals surface area contributed by atoms with Crippen LogP contribution in [0.1, 0.15) is 37.3 Å². The molecule has 0 unspecified atom stereocenters. The molecule has 0 saturated heterocycles. The van der Waals surface area contributed by atoms with E-state index >= 15 is 0 Å². The van der Waals surface area contributed by atoms with Crippen molar-refractivity contribution in [1.29, 1.82) is 0 Å². The van der Waals surface area contributed by atoms with Crippen LogP contribution in [0, 0.1) is 5.82 Å². The van der Waals surface area contributed by atoms with E-state index in [1.165, 1.54) is 12.1 Å². The Balaban J connectivity index is 1.70. The predicted molar refractivity (Wildman–Crippen MR) is 100 cm³/mol. The third-order valence-electron chi connectivity index (χ3n) is 4.06. The summed E-state index contributed by atoms with van der Waals surface area (Å²) in [7, 11) is 1.73. The number of ether oxygens (including phenoxy) is 3. The van der Waals surface area contributed by atoms with E-state index in [0.29, 0.717) is 19.6 Å². The largest absolute Gasteiger partial charge is 0.467 e. The van der Waals surface area contributed by atoms with Gasteiger partial charge in [-0.2, -0.15) is 0 Å². The summed E-state index contributed by atoms with van der Waals surface area (Å²) in [6, 6.07) is 2.99. The second-order valence-electron chi connectivity index (χ2n) is 6.16. The Labute approximate surface area is 155 Å². The average molecular weight is 367 g/mol. The lowest BCUT2D eigenvalue weighted by Gasteiger charge is -2.21. The van der Waals surface area contributed by atoms with Crippen LogP contribution in [0.4, 0.5) is 4.39 Å². The Bertz CT molecular complexity index is 581. The highest BCUT2D eigenvalue weighted by Gasteiger charge is 2.16. The fourth-order valence-electron chi connectivity index (χ4n) is 2.71. The van der Waals surface area contributed by atoms with Crippen LogP contribution in [-0.4, -0.2) is 46.1 Å². The number of benzene rings is 1. The smallest absolute Gasteiger partial charge is 0.190 e. The number of halogens is 1. The van der Waals surface area contributed by atoms with Gasteiger partial charge in [0.25, 0.3) is 0 Å². The molecule has 0 amide bonds. The van der Waals surface area contributed by atoms with Gasteiger partial charge in [0.05, 0.1) is 6.61 Å². The third kappa shape index (κ3) is 6.80. The number of nitrogens with one attached hydrogen (secondary N) is 2. The second kappa shape index (κ2) is 11.7. The van der Waals surface area contributed by atoms with Crippen molar-refractivity contribution in [1.82, 2.24) is 10.6 Å². The van der Waals surface area contributed by atoms with Crippen molar-refractivity contribution in [2.75, 3.05) is 40.1 Å². The van der Waals surface area contributed by atoms with Gasteiger partial charge in [0.15, 0.2) is 12.8 Å². The summed E-state index contributed by atoms with van der Waals surface area (Å²) < 4.78 is 30.0. The van der Waals surface area contributed by atoms with Crippen molar-refractivity contribution >= 4 is 5.96 Å². The molecule has 0 atom stereocenters. The number of guanidine groups is 1. The number of nitrogens with zero attached hydrogens (tertiary/aromatic N) is 1. The Hall–Kier alpha value is -1.86. The molecule has 0 saturated carbocycles. The van der Waals surface area contributed by atoms with Gasteiger partial charge in [-0.3, -0.25) is 4.99 Å². The summed E-state index contributed by atoms with van der Waals surface area (Å²) in [6.45, 7) is 5.75. The van der Waals surface area contributed by atoms with Crippen LogP contribution in [0.25, 0.3) is 0 Å². The molecule has 0 spiro atoms. The normalized spacial score (nSPS) is 13.9. The van der Waals surface area contributed by atoms with Crippen LogP contribution in [0.3, 0.4) is 0 Å². The van der Waals surface area contributed by atoms with Crippen molar-refractivity contribution in [3.8, 4) is 5.75 Å². The topological polar surface area (TPSA) is 64.1 Å². The first kappa shape index (κ1) is 20.5. The number of hydrogen-bond donors (Lipinski definition) is 2. The van der Waals surface area contributed by atoms with Crippen molar-refractivity contribution in [2.24, 2.45) is 4.99 Å². The minimum atomic E-state index is -0.265. The SMILES string of the molecule is CCCCOCCCNC(=NC)NCCc1cc(F)cc2c1OCOC2. The lowest BCUT2D eigenvalue weighted by atomic mass is 10.1. The number of hydrogen-bond acceptors (Lipinski definition) is 4. The monoisotopic (exact) mass is 367 g/mol. The Morgan fingerprint density at radius 1 is 1.23 bits per heavy atom. The molecule has 0 aliphatic carbocycles. The molecule has 0 aromatic heterocycles. The van der Waals surface area contributed by atoms with Gasteiger partial charge in [0, 0.05) is 38.9 Å². The third-order valence-corrected chi connectivity index (χ3v) is 4.06. The minimum Gasteiger partial charge on any atom is -0.467 e. The van der Waals surface area contributed by atoms with Crippen LogP contribution < -0.4 is 15.4 Å². The molecular formula is C19H30FN3O3. The lowest BCUT2D eigenvalue weighted by molar-refractivity contribution is -0.0172. The summed E-state index contributed by atoms with van der Waals surface area (Å²) in [5.41, 5.74) is 1.60. The van der Waals surface area contributed by atoms with Gasteiger partial charge in [0.1, 0.15) is 11.6 Å². The van der Waals surface area contributed by atoms with E-state index in [2.05, 4.69) is 22.5 Å². The van der Waals surface area contributed by atoms with Gasteiger partial charge in [-0.15, -0.1) is 0 Å². The van der Waals surface area contributed by atoms with Crippen LogP contribution in [0.5, 0.6) is 5.75 Å². The lowest BCUT2D eigenvalue weighted by Crippen LogP contribution is -2.39. The van der Waals surface area contributed by atoms with Crippen molar-refractivity contribution in [2.45, 2.75) is 39.2 Å². The van der Waals surface area contributed by atoms with E-state index in [4.69, 9.17) is 14.2 Å². The fourth-order valence-corrected chi connectivity index (χ4v) is 2.71. The molecule has 6 nitrogen and oxygen atoms in total. The van der Waals surface area contributed by atoms with E-state index in [1.807, 2.05) is 0 Å². The highest BCUT2D eigenvalue weighted by molar-refractivity contribution is 5.79. The summed E-state index contributed by atoms with van der Waals surface area (Å²) >= 11 is 0.